The average Bonchev–Trinajstić information content (AvgIpc) is 2.89. The molecule has 0 bridgehead atoms. The fraction of sp³-hybridized carbons (Fsp3) is 0.278. The number of hydrogen-bond acceptors (Lipinski definition) is 3. The molecule has 0 unspecified atom stereocenters. The first-order chi connectivity index (χ1) is 11.6. The predicted molar refractivity (Wildman–Crippen MR) is 92.4 cm³/mol. The van der Waals surface area contributed by atoms with Gasteiger partial charge in [0, 0.05) is 6.42 Å². The molecule has 1 aliphatic rings. The first kappa shape index (κ1) is 16.6. The van der Waals surface area contributed by atoms with Crippen molar-refractivity contribution in [3.63, 3.8) is 0 Å². The van der Waals surface area contributed by atoms with E-state index in [4.69, 9.17) is 16.3 Å². The lowest BCUT2D eigenvalue weighted by Crippen LogP contribution is -2.42. The SMILES string of the molecule is O=C(NCCOc1ccccc1Cl)N[C@H]1c2ccccc2C[C@H]1O. The van der Waals surface area contributed by atoms with E-state index in [1.807, 2.05) is 36.4 Å². The predicted octanol–water partition coefficient (Wildman–Crippen LogP) is 2.68. The van der Waals surface area contributed by atoms with Crippen molar-refractivity contribution in [2.75, 3.05) is 13.2 Å². The number of urea groups is 1. The van der Waals surface area contributed by atoms with Gasteiger partial charge in [0.1, 0.15) is 12.4 Å². The Morgan fingerprint density at radius 2 is 1.96 bits per heavy atom. The molecule has 2 amide bonds. The van der Waals surface area contributed by atoms with Crippen LogP contribution in [0.3, 0.4) is 0 Å². The zero-order chi connectivity index (χ0) is 16.9. The Kier molecular flexibility index (Phi) is 5.23. The number of carbonyl (C=O) groups is 1. The quantitative estimate of drug-likeness (QED) is 0.729. The van der Waals surface area contributed by atoms with Gasteiger partial charge in [0.25, 0.3) is 0 Å². The molecule has 0 saturated carbocycles. The normalized spacial score (nSPS) is 18.8. The zero-order valence-corrected chi connectivity index (χ0v) is 13.8. The molecule has 1 aliphatic carbocycles. The van der Waals surface area contributed by atoms with Crippen LogP contribution in [0.4, 0.5) is 4.79 Å². The maximum atomic E-state index is 12.0. The van der Waals surface area contributed by atoms with E-state index in [1.54, 1.807) is 12.1 Å². The second-order valence-electron chi connectivity index (χ2n) is 5.63. The van der Waals surface area contributed by atoms with E-state index in [1.165, 1.54) is 0 Å². The molecule has 2 aromatic rings. The molecule has 0 radical (unpaired) electrons. The van der Waals surface area contributed by atoms with Crippen LogP contribution in [-0.2, 0) is 6.42 Å². The third-order valence-corrected chi connectivity index (χ3v) is 4.28. The molecular formula is C18H19ClN2O3. The molecule has 6 heteroatoms. The first-order valence-corrected chi connectivity index (χ1v) is 8.20. The molecule has 0 aromatic heterocycles. The molecule has 5 nitrogen and oxygen atoms in total. The van der Waals surface area contributed by atoms with Gasteiger partial charge in [-0.1, -0.05) is 48.0 Å². The van der Waals surface area contributed by atoms with Crippen molar-refractivity contribution in [2.24, 2.45) is 0 Å². The lowest BCUT2D eigenvalue weighted by Gasteiger charge is -2.18. The Morgan fingerprint density at radius 3 is 2.79 bits per heavy atom. The molecule has 3 N–H and O–H groups in total. The highest BCUT2D eigenvalue weighted by Crippen LogP contribution is 2.31. The number of nitrogens with one attached hydrogen (secondary N) is 2. The van der Waals surface area contributed by atoms with E-state index < -0.39 is 6.10 Å². The fourth-order valence-corrected chi connectivity index (χ4v) is 3.02. The third-order valence-electron chi connectivity index (χ3n) is 3.97. The van der Waals surface area contributed by atoms with Crippen molar-refractivity contribution in [1.29, 1.82) is 0 Å². The number of hydrogen-bond donors (Lipinski definition) is 3. The molecule has 2 atom stereocenters. The van der Waals surface area contributed by atoms with Crippen molar-refractivity contribution < 1.29 is 14.6 Å². The zero-order valence-electron chi connectivity index (χ0n) is 13.0. The Hall–Kier alpha value is -2.24. The second kappa shape index (κ2) is 7.55. The summed E-state index contributed by atoms with van der Waals surface area (Å²) in [6.07, 6.45) is -0.0518. The molecule has 2 aromatic carbocycles. The van der Waals surface area contributed by atoms with Crippen molar-refractivity contribution in [2.45, 2.75) is 18.6 Å². The van der Waals surface area contributed by atoms with Gasteiger partial charge in [0.2, 0.25) is 0 Å². The van der Waals surface area contributed by atoms with Gasteiger partial charge in [-0.3, -0.25) is 0 Å². The van der Waals surface area contributed by atoms with E-state index in [0.717, 1.165) is 11.1 Å². The fourth-order valence-electron chi connectivity index (χ4n) is 2.83. The monoisotopic (exact) mass is 346 g/mol. The van der Waals surface area contributed by atoms with Crippen LogP contribution in [0.1, 0.15) is 17.2 Å². The standard InChI is InChI=1S/C18H19ClN2O3/c19-14-7-3-4-8-16(14)24-10-9-20-18(23)21-17-13-6-2-1-5-12(13)11-15(17)22/h1-8,15,17,22H,9-11H2,(H2,20,21,23)/t15-,17+/m1/s1. The summed E-state index contributed by atoms with van der Waals surface area (Å²) < 4.78 is 5.51. The third kappa shape index (κ3) is 3.80. The Bertz CT molecular complexity index is 723. The highest BCUT2D eigenvalue weighted by molar-refractivity contribution is 6.32. The van der Waals surface area contributed by atoms with Crippen LogP contribution in [0.5, 0.6) is 5.75 Å². The average molecular weight is 347 g/mol. The van der Waals surface area contributed by atoms with Crippen LogP contribution in [0.2, 0.25) is 5.02 Å². The largest absolute Gasteiger partial charge is 0.490 e. The number of fused-ring (bicyclic) bond motifs is 1. The van der Waals surface area contributed by atoms with E-state index in [9.17, 15) is 9.90 Å². The Morgan fingerprint density at radius 1 is 1.21 bits per heavy atom. The van der Waals surface area contributed by atoms with E-state index >= 15 is 0 Å². The van der Waals surface area contributed by atoms with Crippen molar-refractivity contribution in [1.82, 2.24) is 10.6 Å². The highest BCUT2D eigenvalue weighted by Gasteiger charge is 2.31. The minimum atomic E-state index is -0.604. The van der Waals surface area contributed by atoms with Crippen LogP contribution in [0.15, 0.2) is 48.5 Å². The summed E-state index contributed by atoms with van der Waals surface area (Å²) in [4.78, 5) is 12.0. The van der Waals surface area contributed by atoms with Gasteiger partial charge in [-0.25, -0.2) is 4.79 Å². The van der Waals surface area contributed by atoms with Crippen LogP contribution in [0.25, 0.3) is 0 Å². The number of rotatable bonds is 5. The van der Waals surface area contributed by atoms with Crippen molar-refractivity contribution >= 4 is 17.6 Å². The van der Waals surface area contributed by atoms with Crippen molar-refractivity contribution in [3.05, 3.63) is 64.7 Å². The molecule has 0 heterocycles. The maximum absolute atomic E-state index is 12.0. The van der Waals surface area contributed by atoms with Crippen LogP contribution >= 0.6 is 11.6 Å². The summed E-state index contributed by atoms with van der Waals surface area (Å²) >= 11 is 5.99. The summed E-state index contributed by atoms with van der Waals surface area (Å²) in [5.74, 6) is 0.585. The van der Waals surface area contributed by atoms with Gasteiger partial charge in [0.15, 0.2) is 0 Å². The minimum absolute atomic E-state index is 0.307. The topological polar surface area (TPSA) is 70.6 Å². The molecule has 126 valence electrons. The number of aliphatic hydroxyl groups excluding tert-OH is 1. The van der Waals surface area contributed by atoms with Gasteiger partial charge in [-0.15, -0.1) is 0 Å². The van der Waals surface area contributed by atoms with Gasteiger partial charge >= 0.3 is 6.03 Å². The first-order valence-electron chi connectivity index (χ1n) is 7.82. The second-order valence-corrected chi connectivity index (χ2v) is 6.03. The molecule has 3 rings (SSSR count). The van der Waals surface area contributed by atoms with Crippen LogP contribution in [0, 0.1) is 0 Å². The number of halogens is 1. The smallest absolute Gasteiger partial charge is 0.315 e. The van der Waals surface area contributed by atoms with Crippen LogP contribution < -0.4 is 15.4 Å². The van der Waals surface area contributed by atoms with E-state index in [2.05, 4.69) is 10.6 Å². The van der Waals surface area contributed by atoms with E-state index in [-0.39, 0.29) is 12.1 Å². The number of aliphatic hydroxyl groups is 1. The number of carbonyl (C=O) groups excluding carboxylic acids is 1. The molecule has 0 spiro atoms. The summed E-state index contributed by atoms with van der Waals surface area (Å²) in [7, 11) is 0. The summed E-state index contributed by atoms with van der Waals surface area (Å²) in [6, 6.07) is 14.2. The minimum Gasteiger partial charge on any atom is -0.490 e. The summed E-state index contributed by atoms with van der Waals surface area (Å²) in [5.41, 5.74) is 2.03. The summed E-state index contributed by atoms with van der Waals surface area (Å²) in [5, 5.41) is 16.2. The molecule has 0 aliphatic heterocycles. The molecular weight excluding hydrogens is 328 g/mol. The highest BCUT2D eigenvalue weighted by atomic mass is 35.5. The van der Waals surface area contributed by atoms with Gasteiger partial charge < -0.3 is 20.5 Å². The number of para-hydroxylation sites is 1. The Balaban J connectivity index is 1.46. The van der Waals surface area contributed by atoms with Crippen molar-refractivity contribution in [3.8, 4) is 5.75 Å². The van der Waals surface area contributed by atoms with Crippen LogP contribution in [-0.4, -0.2) is 30.4 Å². The van der Waals surface area contributed by atoms with Gasteiger partial charge in [-0.2, -0.15) is 0 Å². The Labute approximate surface area is 145 Å². The number of benzene rings is 2. The molecule has 24 heavy (non-hydrogen) atoms. The summed E-state index contributed by atoms with van der Waals surface area (Å²) in [6.45, 7) is 0.641. The van der Waals surface area contributed by atoms with E-state index in [0.29, 0.717) is 30.3 Å². The lowest BCUT2D eigenvalue weighted by atomic mass is 10.1. The van der Waals surface area contributed by atoms with Gasteiger partial charge in [0.05, 0.1) is 23.7 Å². The van der Waals surface area contributed by atoms with Gasteiger partial charge in [-0.05, 0) is 23.3 Å². The number of ether oxygens (including phenoxy) is 1. The lowest BCUT2D eigenvalue weighted by molar-refractivity contribution is 0.142. The molecule has 0 fully saturated rings. The molecule has 0 saturated heterocycles. The maximum Gasteiger partial charge on any atom is 0.315 e. The number of amides is 2.